The Bertz CT molecular complexity index is 2540. The number of carboxylic acid groups (broad SMARTS) is 1. The highest BCUT2D eigenvalue weighted by atomic mass is 32.1. The summed E-state index contributed by atoms with van der Waals surface area (Å²) < 4.78 is 23.5. The molecule has 3 heterocycles. The van der Waals surface area contributed by atoms with Crippen LogP contribution in [0.3, 0.4) is 0 Å². The monoisotopic (exact) mass is 1150 g/mol. The van der Waals surface area contributed by atoms with Crippen LogP contribution in [0.4, 0.5) is 5.69 Å². The highest BCUT2D eigenvalue weighted by Gasteiger charge is 2.49. The van der Waals surface area contributed by atoms with Crippen molar-refractivity contribution in [1.29, 1.82) is 0 Å². The molecule has 2 fully saturated rings. The first-order valence-electron chi connectivity index (χ1n) is 28.0. The van der Waals surface area contributed by atoms with Gasteiger partial charge in [0.2, 0.25) is 29.9 Å². The maximum Gasteiger partial charge on any atom is 0.335 e. The topological polar surface area (TPSA) is 302 Å². The Morgan fingerprint density at radius 1 is 0.914 bits per heavy atom. The van der Waals surface area contributed by atoms with Crippen LogP contribution in [0.15, 0.2) is 60.1 Å². The van der Waals surface area contributed by atoms with Gasteiger partial charge in [-0.25, -0.2) is 9.78 Å². The number of likely N-dealkylation sites (N-methyl/N-ethyl adjacent to an activating group) is 2. The number of hydrogen-bond donors (Lipinski definition) is 8. The van der Waals surface area contributed by atoms with Crippen molar-refractivity contribution in [1.82, 2.24) is 25.4 Å². The quantitative estimate of drug-likeness (QED) is 0.0462. The van der Waals surface area contributed by atoms with E-state index in [2.05, 4.69) is 20.9 Å². The summed E-state index contributed by atoms with van der Waals surface area (Å²) in [5, 5.41) is 52.7. The van der Waals surface area contributed by atoms with Crippen molar-refractivity contribution in [3.63, 3.8) is 0 Å². The van der Waals surface area contributed by atoms with Gasteiger partial charge in [0.1, 0.15) is 41.7 Å². The van der Waals surface area contributed by atoms with Gasteiger partial charge in [-0.2, -0.15) is 0 Å². The molecule has 2 aromatic carbocycles. The van der Waals surface area contributed by atoms with Crippen LogP contribution in [0, 0.1) is 23.7 Å². The number of nitrogens with one attached hydrogen (secondary N) is 3. The zero-order valence-electron chi connectivity index (χ0n) is 49.0. The van der Waals surface area contributed by atoms with Gasteiger partial charge in [0.25, 0.3) is 5.91 Å². The standard InChI is InChI=1S/C58H88N8O14S/c1-13-34(6)46(42(77-11)30-44(68)65-26-17-20-40(65)51(78-12)35(7)53(72)62-39(55-60-25-27-81-55)28-36-18-15-14-16-19-36)64(8)56(74)45(32(2)3)63-54(73)47(33(4)5)66(9,10)31-37-21-22-41(38(29-37)61-43(67)23-24-59)79-58-50(71)48(69)49(70)52(80-58)57(75)76/h14-16,18-19,21-22,25,27,29,32-35,39-40,42,45-52,58,69-71H,13,17,20,23-24,26,28,30-31,59H2,1-12H3,(H3-,61,62,63,67,72,73,75,76)/p+1/t34-,35+,39-,40?,42+,45?,46-,47?,48-,49-,50+,51+,52-,58+/m0/s1. The van der Waals surface area contributed by atoms with Crippen LogP contribution in [0.25, 0.3) is 0 Å². The first-order chi connectivity index (χ1) is 38.3. The van der Waals surface area contributed by atoms with Crippen molar-refractivity contribution in [2.24, 2.45) is 29.4 Å². The number of carboxylic acids is 1. The molecule has 0 radical (unpaired) electrons. The lowest BCUT2D eigenvalue weighted by atomic mass is 9.89. The predicted molar refractivity (Wildman–Crippen MR) is 304 cm³/mol. The van der Waals surface area contributed by atoms with Gasteiger partial charge >= 0.3 is 5.97 Å². The van der Waals surface area contributed by atoms with Gasteiger partial charge < -0.3 is 75.3 Å². The summed E-state index contributed by atoms with van der Waals surface area (Å²) in [6, 6.07) is 11.6. The predicted octanol–water partition coefficient (Wildman–Crippen LogP) is 3.46. The average Bonchev–Trinajstić information content (AvgIpc) is 4.15. The number of thiazole rings is 1. The average molecular weight is 1150 g/mol. The fourth-order valence-corrected chi connectivity index (χ4v) is 12.2. The Labute approximate surface area is 480 Å². The highest BCUT2D eigenvalue weighted by Crippen LogP contribution is 2.34. The smallest absolute Gasteiger partial charge is 0.335 e. The molecule has 0 aliphatic carbocycles. The Kier molecular flexibility index (Phi) is 24.6. The van der Waals surface area contributed by atoms with Gasteiger partial charge in [0.15, 0.2) is 12.1 Å². The molecular formula is C58H89N8O14S+. The molecule has 3 unspecified atom stereocenters. The minimum Gasteiger partial charge on any atom is -0.479 e. The maximum atomic E-state index is 15.0. The molecule has 9 N–H and O–H groups in total. The number of aromatic nitrogens is 1. The van der Waals surface area contributed by atoms with E-state index in [9.17, 15) is 49.2 Å². The summed E-state index contributed by atoms with van der Waals surface area (Å²) in [6.45, 7) is 14.0. The van der Waals surface area contributed by atoms with Gasteiger partial charge in [0, 0.05) is 63.8 Å². The Hall–Kier alpha value is -5.63. The van der Waals surface area contributed by atoms with Crippen molar-refractivity contribution in [2.45, 2.75) is 167 Å². The highest BCUT2D eigenvalue weighted by molar-refractivity contribution is 7.09. The van der Waals surface area contributed by atoms with Crippen LogP contribution in [0.2, 0.25) is 0 Å². The zero-order chi connectivity index (χ0) is 60.0. The number of nitrogens with two attached hydrogens (primary N) is 1. The number of aliphatic hydroxyl groups is 3. The number of carbonyl (C=O) groups is 6. The fourth-order valence-electron chi connectivity index (χ4n) is 11.5. The number of hydrogen-bond acceptors (Lipinski definition) is 16. The third-order valence-electron chi connectivity index (χ3n) is 15.8. The molecular weight excluding hydrogens is 1060 g/mol. The molecule has 5 rings (SSSR count). The summed E-state index contributed by atoms with van der Waals surface area (Å²) in [7, 11) is 8.51. The molecule has 2 saturated heterocycles. The third-order valence-corrected chi connectivity index (χ3v) is 16.7. The van der Waals surface area contributed by atoms with Gasteiger partial charge in [-0.1, -0.05) is 85.2 Å². The number of aliphatic hydroxyl groups excluding tert-OH is 3. The number of anilines is 1. The van der Waals surface area contributed by atoms with Crippen LogP contribution < -0.4 is 26.4 Å². The normalized spacial score (nSPS) is 22.4. The van der Waals surface area contributed by atoms with E-state index >= 15 is 0 Å². The number of likely N-dealkylation sites (tertiary alicyclic amines) is 1. The summed E-state index contributed by atoms with van der Waals surface area (Å²) in [6.07, 6.45) is -6.64. The molecule has 5 amide bonds. The van der Waals surface area contributed by atoms with Crippen LogP contribution in [-0.2, 0) is 55.9 Å². The third kappa shape index (κ3) is 16.8. The molecule has 14 atom stereocenters. The molecule has 0 bridgehead atoms. The number of methoxy groups -OCH3 is 2. The number of rotatable bonds is 29. The molecule has 450 valence electrons. The van der Waals surface area contributed by atoms with E-state index in [-0.39, 0.29) is 89.3 Å². The van der Waals surface area contributed by atoms with E-state index in [0.29, 0.717) is 37.8 Å². The molecule has 2 aliphatic rings. The van der Waals surface area contributed by atoms with E-state index in [4.69, 9.17) is 24.7 Å². The molecule has 1 aromatic heterocycles. The maximum absolute atomic E-state index is 15.0. The number of benzene rings is 2. The van der Waals surface area contributed by atoms with Crippen LogP contribution >= 0.6 is 11.3 Å². The van der Waals surface area contributed by atoms with Crippen molar-refractivity contribution < 1.29 is 72.6 Å². The second-order valence-corrected chi connectivity index (χ2v) is 23.8. The fraction of sp³-hybridized carbons (Fsp3) is 0.638. The molecule has 0 saturated carbocycles. The van der Waals surface area contributed by atoms with Crippen LogP contribution in [0.1, 0.15) is 103 Å². The van der Waals surface area contributed by atoms with Crippen LogP contribution in [-0.4, -0.2) is 191 Å². The van der Waals surface area contributed by atoms with Crippen molar-refractivity contribution in [3.05, 3.63) is 76.2 Å². The number of quaternary nitrogens is 1. The molecule has 81 heavy (non-hydrogen) atoms. The second kappa shape index (κ2) is 30.1. The number of aliphatic carboxylic acids is 1. The van der Waals surface area contributed by atoms with Gasteiger partial charge in [-0.3, -0.25) is 24.0 Å². The van der Waals surface area contributed by atoms with E-state index in [1.54, 1.807) is 42.3 Å². The number of nitrogens with zero attached hydrogens (tertiary/aromatic N) is 4. The summed E-state index contributed by atoms with van der Waals surface area (Å²) >= 11 is 1.47. The lowest BCUT2D eigenvalue weighted by Crippen LogP contribution is -2.63. The van der Waals surface area contributed by atoms with Gasteiger partial charge in [0.05, 0.1) is 62.5 Å². The minimum atomic E-state index is -1.94. The number of carbonyl (C=O) groups excluding carboxylic acids is 5. The molecule has 0 spiro atoms. The summed E-state index contributed by atoms with van der Waals surface area (Å²) in [5.74, 6) is -4.67. The van der Waals surface area contributed by atoms with Crippen LogP contribution in [0.5, 0.6) is 5.75 Å². The lowest BCUT2D eigenvalue weighted by molar-refractivity contribution is -0.922. The largest absolute Gasteiger partial charge is 0.479 e. The summed E-state index contributed by atoms with van der Waals surface area (Å²) in [4.78, 5) is 91.1. The Balaban J connectivity index is 1.32. The molecule has 2 aliphatic heterocycles. The van der Waals surface area contributed by atoms with Crippen molar-refractivity contribution in [2.75, 3.05) is 53.8 Å². The zero-order valence-corrected chi connectivity index (χ0v) is 49.8. The SMILES string of the molecule is CC[C@H](C)[C@@H]([C@@H](CC(=O)N1CCCC1[C@H](OC)[C@@H](C)C(=O)N[C@@H](Cc1ccccc1)c1nccs1)OC)N(C)C(=O)C(NC(=O)C(C(C)C)[N+](C)(C)Cc1ccc(O[C@@H]2O[C@H](C(=O)O)[C@@H](O)[C@H](O)[C@H]2O)c(NC(=O)CCN)c1)C(C)C. The minimum absolute atomic E-state index is 0.0249. The van der Waals surface area contributed by atoms with E-state index in [1.807, 2.05) is 98.3 Å². The summed E-state index contributed by atoms with van der Waals surface area (Å²) in [5.41, 5.74) is 7.44. The van der Waals surface area contributed by atoms with E-state index < -0.39 is 84.9 Å². The van der Waals surface area contributed by atoms with E-state index in [0.717, 1.165) is 10.6 Å². The second-order valence-electron chi connectivity index (χ2n) is 22.8. The van der Waals surface area contributed by atoms with Crippen molar-refractivity contribution in [3.8, 4) is 5.75 Å². The number of ether oxygens (including phenoxy) is 4. The van der Waals surface area contributed by atoms with E-state index in [1.165, 1.54) is 24.5 Å². The first-order valence-corrected chi connectivity index (χ1v) is 28.9. The number of amides is 5. The van der Waals surface area contributed by atoms with Crippen molar-refractivity contribution >= 4 is 52.5 Å². The Morgan fingerprint density at radius 2 is 1.60 bits per heavy atom. The Morgan fingerprint density at radius 3 is 2.19 bits per heavy atom. The van der Waals surface area contributed by atoms with Gasteiger partial charge in [-0.15, -0.1) is 11.3 Å². The molecule has 22 nitrogen and oxygen atoms in total. The molecule has 3 aromatic rings. The molecule has 23 heteroatoms. The lowest BCUT2D eigenvalue weighted by Gasteiger charge is -2.42. The first kappa shape index (κ1) is 66.2. The van der Waals surface area contributed by atoms with Gasteiger partial charge in [-0.05, 0) is 54.9 Å².